The number of rotatable bonds is 3. The Hall–Kier alpha value is -0.520. The lowest BCUT2D eigenvalue weighted by Gasteiger charge is -2.20. The first-order valence-electron chi connectivity index (χ1n) is 4.17. The average molecular weight is 153 g/mol. The topological polar surface area (TPSA) is 23.5 Å². The lowest BCUT2D eigenvalue weighted by atomic mass is 10.1. The summed E-state index contributed by atoms with van der Waals surface area (Å²) in [5.41, 5.74) is 0. The zero-order valence-electron chi connectivity index (χ0n) is 6.79. The Morgan fingerprint density at radius 1 is 1.64 bits per heavy atom. The number of hydrogen-bond acceptors (Lipinski definition) is 2. The maximum Gasteiger partial charge on any atom is 0.0601 e. The molecular formula is C9H15NO. The van der Waals surface area contributed by atoms with Crippen LogP contribution >= 0.6 is 0 Å². The Bertz CT molecular complexity index is 150. The zero-order valence-corrected chi connectivity index (χ0v) is 6.79. The first-order chi connectivity index (χ1) is 5.38. The van der Waals surface area contributed by atoms with Crippen molar-refractivity contribution in [1.82, 2.24) is 4.90 Å². The van der Waals surface area contributed by atoms with Crippen molar-refractivity contribution in [2.24, 2.45) is 0 Å². The first-order valence-corrected chi connectivity index (χ1v) is 4.17. The molecule has 1 unspecified atom stereocenters. The number of terminal acetylenes is 1. The average Bonchev–Trinajstić information content (AvgIpc) is 2.39. The van der Waals surface area contributed by atoms with Gasteiger partial charge in [0.25, 0.3) is 0 Å². The minimum atomic E-state index is 0.283. The summed E-state index contributed by atoms with van der Waals surface area (Å²) in [5, 5.41) is 8.73. The monoisotopic (exact) mass is 153 g/mol. The van der Waals surface area contributed by atoms with Crippen LogP contribution in [0.1, 0.15) is 19.3 Å². The second-order valence-corrected chi connectivity index (χ2v) is 2.98. The molecular weight excluding hydrogens is 138 g/mol. The highest BCUT2D eigenvalue weighted by Crippen LogP contribution is 2.18. The van der Waals surface area contributed by atoms with Gasteiger partial charge in [0.2, 0.25) is 0 Å². The Balaban J connectivity index is 2.32. The summed E-state index contributed by atoms with van der Waals surface area (Å²) in [6.45, 7) is 2.13. The molecule has 0 bridgehead atoms. The molecule has 1 atom stereocenters. The van der Waals surface area contributed by atoms with Crippen LogP contribution in [0.25, 0.3) is 0 Å². The largest absolute Gasteiger partial charge is 0.396 e. The summed E-state index contributed by atoms with van der Waals surface area (Å²) in [7, 11) is 0. The molecule has 1 aliphatic heterocycles. The van der Waals surface area contributed by atoms with Gasteiger partial charge in [0.15, 0.2) is 0 Å². The van der Waals surface area contributed by atoms with E-state index in [1.54, 1.807) is 0 Å². The third-order valence-corrected chi connectivity index (χ3v) is 2.26. The van der Waals surface area contributed by atoms with Crippen molar-refractivity contribution in [1.29, 1.82) is 0 Å². The molecule has 2 nitrogen and oxygen atoms in total. The lowest BCUT2D eigenvalue weighted by molar-refractivity contribution is 0.209. The van der Waals surface area contributed by atoms with E-state index < -0.39 is 0 Å². The highest BCUT2D eigenvalue weighted by molar-refractivity contribution is 4.92. The third-order valence-electron chi connectivity index (χ3n) is 2.26. The van der Waals surface area contributed by atoms with E-state index in [1.165, 1.54) is 12.8 Å². The number of nitrogens with zero attached hydrogens (tertiary/aromatic N) is 1. The van der Waals surface area contributed by atoms with Crippen LogP contribution < -0.4 is 0 Å². The molecule has 1 fully saturated rings. The van der Waals surface area contributed by atoms with Gasteiger partial charge < -0.3 is 5.11 Å². The van der Waals surface area contributed by atoms with Crippen LogP contribution in [0.3, 0.4) is 0 Å². The molecule has 1 saturated heterocycles. The van der Waals surface area contributed by atoms with Crippen LogP contribution in [0.5, 0.6) is 0 Å². The second-order valence-electron chi connectivity index (χ2n) is 2.98. The summed E-state index contributed by atoms with van der Waals surface area (Å²) in [6, 6.07) is 0.538. The third kappa shape index (κ3) is 2.21. The fraction of sp³-hybridized carbons (Fsp3) is 0.778. The smallest absolute Gasteiger partial charge is 0.0601 e. The molecule has 11 heavy (non-hydrogen) atoms. The Kier molecular flexibility index (Phi) is 3.41. The van der Waals surface area contributed by atoms with Gasteiger partial charge in [-0.05, 0) is 25.8 Å². The van der Waals surface area contributed by atoms with Gasteiger partial charge in [-0.3, -0.25) is 4.90 Å². The lowest BCUT2D eigenvalue weighted by Crippen LogP contribution is -2.30. The van der Waals surface area contributed by atoms with Crippen LogP contribution in [0.15, 0.2) is 0 Å². The van der Waals surface area contributed by atoms with Crippen LogP contribution in [0.4, 0.5) is 0 Å². The maximum absolute atomic E-state index is 8.73. The molecule has 1 N–H and O–H groups in total. The Labute approximate surface area is 68.2 Å². The molecule has 62 valence electrons. The molecule has 0 aromatic rings. The fourth-order valence-electron chi connectivity index (χ4n) is 1.70. The normalized spacial score (nSPS) is 25.3. The predicted molar refractivity (Wildman–Crippen MR) is 45.1 cm³/mol. The van der Waals surface area contributed by atoms with Crippen molar-refractivity contribution >= 4 is 0 Å². The van der Waals surface area contributed by atoms with Crippen molar-refractivity contribution in [3.05, 3.63) is 0 Å². The number of likely N-dealkylation sites (tertiary alicyclic amines) is 1. The minimum absolute atomic E-state index is 0.283. The van der Waals surface area contributed by atoms with E-state index in [9.17, 15) is 0 Å². The minimum Gasteiger partial charge on any atom is -0.396 e. The van der Waals surface area contributed by atoms with Gasteiger partial charge >= 0.3 is 0 Å². The second kappa shape index (κ2) is 4.38. The van der Waals surface area contributed by atoms with E-state index in [0.29, 0.717) is 6.04 Å². The zero-order chi connectivity index (χ0) is 8.10. The quantitative estimate of drug-likeness (QED) is 0.596. The van der Waals surface area contributed by atoms with Crippen LogP contribution in [-0.2, 0) is 0 Å². The van der Waals surface area contributed by atoms with Gasteiger partial charge in [-0.2, -0.15) is 0 Å². The number of aliphatic hydroxyl groups excluding tert-OH is 1. The highest BCUT2D eigenvalue weighted by atomic mass is 16.3. The maximum atomic E-state index is 8.73. The molecule has 1 aliphatic rings. The van der Waals surface area contributed by atoms with Crippen molar-refractivity contribution in [2.75, 3.05) is 19.7 Å². The molecule has 0 aliphatic carbocycles. The van der Waals surface area contributed by atoms with E-state index in [2.05, 4.69) is 10.8 Å². The van der Waals surface area contributed by atoms with E-state index in [0.717, 1.165) is 19.5 Å². The number of aliphatic hydroxyl groups is 1. The van der Waals surface area contributed by atoms with Gasteiger partial charge in [-0.15, -0.1) is 6.42 Å². The Morgan fingerprint density at radius 2 is 2.45 bits per heavy atom. The molecule has 1 heterocycles. The summed E-state index contributed by atoms with van der Waals surface area (Å²) >= 11 is 0. The van der Waals surface area contributed by atoms with Crippen LogP contribution in [0, 0.1) is 12.3 Å². The molecule has 0 amide bonds. The van der Waals surface area contributed by atoms with Crippen molar-refractivity contribution in [3.63, 3.8) is 0 Å². The van der Waals surface area contributed by atoms with E-state index in [1.807, 2.05) is 0 Å². The van der Waals surface area contributed by atoms with Gasteiger partial charge in [0.05, 0.1) is 6.54 Å². The highest BCUT2D eigenvalue weighted by Gasteiger charge is 2.22. The summed E-state index contributed by atoms with van der Waals surface area (Å²) < 4.78 is 0. The van der Waals surface area contributed by atoms with Gasteiger partial charge in [0.1, 0.15) is 0 Å². The van der Waals surface area contributed by atoms with Gasteiger partial charge in [-0.25, -0.2) is 0 Å². The van der Waals surface area contributed by atoms with Crippen molar-refractivity contribution < 1.29 is 5.11 Å². The van der Waals surface area contributed by atoms with E-state index in [4.69, 9.17) is 11.5 Å². The van der Waals surface area contributed by atoms with Crippen LogP contribution in [-0.4, -0.2) is 35.7 Å². The number of hydrogen-bond donors (Lipinski definition) is 1. The molecule has 2 heteroatoms. The van der Waals surface area contributed by atoms with Gasteiger partial charge in [0, 0.05) is 12.6 Å². The first kappa shape index (κ1) is 8.58. The van der Waals surface area contributed by atoms with Crippen LogP contribution in [0.2, 0.25) is 0 Å². The SMILES string of the molecule is C#CCN1CCCC1CCO. The Morgan fingerprint density at radius 3 is 3.09 bits per heavy atom. The van der Waals surface area contributed by atoms with E-state index in [-0.39, 0.29) is 6.61 Å². The molecule has 0 aromatic heterocycles. The molecule has 0 aromatic carbocycles. The standard InChI is InChI=1S/C9H15NO/c1-2-6-10-7-3-4-9(10)5-8-11/h1,9,11H,3-8H2. The summed E-state index contributed by atoms with van der Waals surface area (Å²) in [6.07, 6.45) is 8.51. The molecule has 0 spiro atoms. The van der Waals surface area contributed by atoms with Gasteiger partial charge in [-0.1, -0.05) is 5.92 Å². The van der Waals surface area contributed by atoms with E-state index >= 15 is 0 Å². The summed E-state index contributed by atoms with van der Waals surface area (Å²) in [5.74, 6) is 2.64. The predicted octanol–water partition coefficient (Wildman–Crippen LogP) is 0.466. The molecule has 0 radical (unpaired) electrons. The van der Waals surface area contributed by atoms with Crippen molar-refractivity contribution in [3.8, 4) is 12.3 Å². The summed E-state index contributed by atoms with van der Waals surface area (Å²) in [4.78, 5) is 2.27. The fourth-order valence-corrected chi connectivity index (χ4v) is 1.70. The molecule has 1 rings (SSSR count). The van der Waals surface area contributed by atoms with Crippen molar-refractivity contribution in [2.45, 2.75) is 25.3 Å². The molecule has 0 saturated carbocycles.